The van der Waals surface area contributed by atoms with Gasteiger partial charge in [0.1, 0.15) is 17.5 Å². The molecule has 0 unspecified atom stereocenters. The van der Waals surface area contributed by atoms with Crippen LogP contribution in [-0.2, 0) is 4.74 Å². The smallest absolute Gasteiger partial charge is 0.410 e. The average molecular weight is 467 g/mol. The highest BCUT2D eigenvalue weighted by atomic mass is 127. The Hall–Kier alpha value is -1.76. The van der Waals surface area contributed by atoms with Gasteiger partial charge < -0.3 is 14.4 Å². The van der Waals surface area contributed by atoms with Crippen LogP contribution < -0.4 is 4.74 Å². The summed E-state index contributed by atoms with van der Waals surface area (Å²) in [6.45, 7) is 6.14. The number of hydrogen-bond acceptors (Lipinski definition) is 3. The molecule has 0 bridgehead atoms. The van der Waals surface area contributed by atoms with Crippen molar-refractivity contribution in [2.24, 2.45) is 0 Å². The Balaban J connectivity index is 2.06. The van der Waals surface area contributed by atoms with E-state index in [4.69, 9.17) is 9.47 Å². The lowest BCUT2D eigenvalue weighted by Gasteiger charge is -2.26. The van der Waals surface area contributed by atoms with Crippen molar-refractivity contribution in [2.75, 3.05) is 13.6 Å². The number of rotatable bonds is 6. The number of benzene rings is 2. The molecular weight excluding hydrogens is 441 g/mol. The zero-order chi connectivity index (χ0) is 19.2. The molecule has 2 rings (SSSR count). The first-order chi connectivity index (χ1) is 12.2. The van der Waals surface area contributed by atoms with Gasteiger partial charge >= 0.3 is 6.09 Å². The van der Waals surface area contributed by atoms with Crippen LogP contribution in [0, 0.1) is 3.57 Å². The molecule has 0 aliphatic carbocycles. The van der Waals surface area contributed by atoms with Crippen LogP contribution in [-0.4, -0.2) is 30.2 Å². The fourth-order valence-corrected chi connectivity index (χ4v) is 2.92. The van der Waals surface area contributed by atoms with Crippen LogP contribution in [0.3, 0.4) is 0 Å². The van der Waals surface area contributed by atoms with Crippen molar-refractivity contribution in [3.05, 3.63) is 63.7 Å². The molecule has 1 atom stereocenters. The lowest BCUT2D eigenvalue weighted by molar-refractivity contribution is 0.0278. The van der Waals surface area contributed by atoms with Gasteiger partial charge in [-0.2, -0.15) is 0 Å². The normalized spacial score (nSPS) is 12.3. The second kappa shape index (κ2) is 9.26. The third-order valence-corrected chi connectivity index (χ3v) is 4.35. The minimum Gasteiger partial charge on any atom is -0.486 e. The molecular formula is C21H26INO3. The van der Waals surface area contributed by atoms with Gasteiger partial charge in [-0.05, 0) is 67.1 Å². The second-order valence-electron chi connectivity index (χ2n) is 7.17. The van der Waals surface area contributed by atoms with Crippen molar-refractivity contribution in [3.63, 3.8) is 0 Å². The van der Waals surface area contributed by atoms with Crippen LogP contribution in [0.2, 0.25) is 0 Å². The Morgan fingerprint density at radius 3 is 2.42 bits per heavy atom. The van der Waals surface area contributed by atoms with Gasteiger partial charge in [0, 0.05) is 23.6 Å². The van der Waals surface area contributed by atoms with Gasteiger partial charge in [-0.3, -0.25) is 0 Å². The van der Waals surface area contributed by atoms with Crippen LogP contribution in [0.15, 0.2) is 54.6 Å². The molecule has 26 heavy (non-hydrogen) atoms. The lowest BCUT2D eigenvalue weighted by Crippen LogP contribution is -2.35. The van der Waals surface area contributed by atoms with Crippen molar-refractivity contribution < 1.29 is 14.3 Å². The standard InChI is InChI=1S/C21H26INO3/c1-21(2,3)26-20(24)23(4)14-13-19(16-9-6-5-7-10-16)25-18-12-8-11-17(22)15-18/h5-12,15,19H,13-14H2,1-4H3/t19-/m1/s1. The summed E-state index contributed by atoms with van der Waals surface area (Å²) in [6, 6.07) is 18.0. The third kappa shape index (κ3) is 6.86. The first-order valence-corrected chi connectivity index (χ1v) is 9.74. The van der Waals surface area contributed by atoms with Crippen LogP contribution in [0.1, 0.15) is 38.9 Å². The lowest BCUT2D eigenvalue weighted by atomic mass is 10.1. The number of nitrogens with zero attached hydrogens (tertiary/aromatic N) is 1. The summed E-state index contributed by atoms with van der Waals surface area (Å²) in [6.07, 6.45) is 0.212. The van der Waals surface area contributed by atoms with E-state index in [0.29, 0.717) is 13.0 Å². The molecule has 2 aromatic rings. The summed E-state index contributed by atoms with van der Waals surface area (Å²) >= 11 is 2.27. The quantitative estimate of drug-likeness (QED) is 0.514. The van der Waals surface area contributed by atoms with Gasteiger partial charge in [-0.25, -0.2) is 4.79 Å². The Labute approximate surface area is 169 Å². The van der Waals surface area contributed by atoms with Crippen molar-refractivity contribution in [2.45, 2.75) is 38.9 Å². The fourth-order valence-electron chi connectivity index (χ4n) is 2.41. The second-order valence-corrected chi connectivity index (χ2v) is 8.41. The van der Waals surface area contributed by atoms with Crippen molar-refractivity contribution in [1.29, 1.82) is 0 Å². The highest BCUT2D eigenvalue weighted by Gasteiger charge is 2.21. The summed E-state index contributed by atoms with van der Waals surface area (Å²) in [5, 5.41) is 0. The van der Waals surface area contributed by atoms with Gasteiger partial charge in [0.25, 0.3) is 0 Å². The molecule has 0 radical (unpaired) electrons. The molecule has 0 fully saturated rings. The highest BCUT2D eigenvalue weighted by molar-refractivity contribution is 14.1. The van der Waals surface area contributed by atoms with E-state index in [2.05, 4.69) is 22.6 Å². The van der Waals surface area contributed by atoms with Crippen LogP contribution >= 0.6 is 22.6 Å². The predicted octanol–water partition coefficient (Wildman–Crippen LogP) is 5.67. The molecule has 0 spiro atoms. The summed E-state index contributed by atoms with van der Waals surface area (Å²) in [5.74, 6) is 0.825. The largest absolute Gasteiger partial charge is 0.486 e. The number of halogens is 1. The van der Waals surface area contributed by atoms with E-state index >= 15 is 0 Å². The first-order valence-electron chi connectivity index (χ1n) is 8.66. The SMILES string of the molecule is CN(CC[C@@H](Oc1cccc(I)c1)c1ccccc1)C(=O)OC(C)(C)C. The molecule has 0 aromatic heterocycles. The van der Waals surface area contributed by atoms with E-state index < -0.39 is 5.60 Å². The molecule has 0 saturated heterocycles. The highest BCUT2D eigenvalue weighted by Crippen LogP contribution is 2.26. The molecule has 140 valence electrons. The van der Waals surface area contributed by atoms with Crippen molar-refractivity contribution in [1.82, 2.24) is 4.90 Å². The summed E-state index contributed by atoms with van der Waals surface area (Å²) < 4.78 is 12.8. The molecule has 0 aliphatic heterocycles. The van der Waals surface area contributed by atoms with E-state index in [1.54, 1.807) is 11.9 Å². The third-order valence-electron chi connectivity index (χ3n) is 3.68. The molecule has 2 aromatic carbocycles. The maximum atomic E-state index is 12.2. The fraction of sp³-hybridized carbons (Fsp3) is 0.381. The zero-order valence-corrected chi connectivity index (χ0v) is 17.9. The molecule has 4 nitrogen and oxygen atoms in total. The molecule has 0 aliphatic rings. The molecule has 5 heteroatoms. The van der Waals surface area contributed by atoms with E-state index in [1.807, 2.05) is 75.4 Å². The van der Waals surface area contributed by atoms with Gasteiger partial charge in [-0.1, -0.05) is 36.4 Å². The maximum Gasteiger partial charge on any atom is 0.410 e. The minimum absolute atomic E-state index is 0.140. The number of hydrogen-bond donors (Lipinski definition) is 0. The Kier molecular flexibility index (Phi) is 7.32. The van der Waals surface area contributed by atoms with Crippen LogP contribution in [0.4, 0.5) is 4.79 Å². The Morgan fingerprint density at radius 1 is 1.12 bits per heavy atom. The van der Waals surface area contributed by atoms with Crippen molar-refractivity contribution >= 4 is 28.7 Å². The van der Waals surface area contributed by atoms with Gasteiger partial charge in [0.15, 0.2) is 0 Å². The van der Waals surface area contributed by atoms with Gasteiger partial charge in [0.2, 0.25) is 0 Å². The topological polar surface area (TPSA) is 38.8 Å². The van der Waals surface area contributed by atoms with E-state index in [0.717, 1.165) is 14.9 Å². The Morgan fingerprint density at radius 2 is 1.81 bits per heavy atom. The summed E-state index contributed by atoms with van der Waals surface area (Å²) in [7, 11) is 1.75. The average Bonchev–Trinajstić information content (AvgIpc) is 2.57. The molecule has 0 heterocycles. The van der Waals surface area contributed by atoms with Gasteiger partial charge in [-0.15, -0.1) is 0 Å². The number of ether oxygens (including phenoxy) is 2. The molecule has 1 amide bonds. The minimum atomic E-state index is -0.499. The van der Waals surface area contributed by atoms with Crippen molar-refractivity contribution in [3.8, 4) is 5.75 Å². The number of carbonyl (C=O) groups excluding carboxylic acids is 1. The van der Waals surface area contributed by atoms with Gasteiger partial charge in [0.05, 0.1) is 0 Å². The maximum absolute atomic E-state index is 12.2. The number of carbonyl (C=O) groups is 1. The molecule has 0 N–H and O–H groups in total. The van der Waals surface area contributed by atoms with Crippen LogP contribution in [0.5, 0.6) is 5.75 Å². The monoisotopic (exact) mass is 467 g/mol. The number of amides is 1. The predicted molar refractivity (Wildman–Crippen MR) is 112 cm³/mol. The van der Waals surface area contributed by atoms with E-state index in [1.165, 1.54) is 0 Å². The van der Waals surface area contributed by atoms with E-state index in [-0.39, 0.29) is 12.2 Å². The summed E-state index contributed by atoms with van der Waals surface area (Å²) in [5.41, 5.74) is 0.588. The zero-order valence-electron chi connectivity index (χ0n) is 15.7. The molecule has 0 saturated carbocycles. The van der Waals surface area contributed by atoms with E-state index in [9.17, 15) is 4.79 Å². The Bertz CT molecular complexity index is 713. The van der Waals surface area contributed by atoms with Crippen LogP contribution in [0.25, 0.3) is 0 Å². The first kappa shape index (κ1) is 20.6. The summed E-state index contributed by atoms with van der Waals surface area (Å²) in [4.78, 5) is 13.8.